The smallest absolute Gasteiger partial charge is 0.183 e. The summed E-state index contributed by atoms with van der Waals surface area (Å²) in [5, 5.41) is 24.3. The Morgan fingerprint density at radius 1 is 1.38 bits per heavy atom. The number of nitrogens with zero attached hydrogens (tertiary/aromatic N) is 2. The van der Waals surface area contributed by atoms with Crippen molar-refractivity contribution in [2.45, 2.75) is 32.2 Å². The zero-order chi connectivity index (χ0) is 15.1. The molecule has 0 bridgehead atoms. The minimum Gasteiger partial charge on any atom is -0.394 e. The second-order valence-corrected chi connectivity index (χ2v) is 5.75. The topological polar surface area (TPSA) is 68.9 Å². The number of nitriles is 1. The minimum atomic E-state index is 0.0601. The van der Waals surface area contributed by atoms with Gasteiger partial charge in [-0.1, -0.05) is 31.9 Å². The molecule has 0 aliphatic rings. The maximum absolute atomic E-state index is 9.38. The van der Waals surface area contributed by atoms with Gasteiger partial charge in [0.1, 0.15) is 0 Å². The molecule has 110 valence electrons. The Kier molecular flexibility index (Phi) is 5.73. The van der Waals surface area contributed by atoms with E-state index in [0.29, 0.717) is 5.56 Å². The SMILES string of the molecule is CCCCC(CO)Nc1nc(-c2ccc(C#N)cc2)cs1. The lowest BCUT2D eigenvalue weighted by molar-refractivity contribution is 0.267. The number of aromatic nitrogens is 1. The maximum atomic E-state index is 9.38. The van der Waals surface area contributed by atoms with Gasteiger partial charge in [-0.15, -0.1) is 11.3 Å². The van der Waals surface area contributed by atoms with Crippen molar-refractivity contribution >= 4 is 16.5 Å². The lowest BCUT2D eigenvalue weighted by Gasteiger charge is -2.14. The van der Waals surface area contributed by atoms with Crippen molar-refractivity contribution in [3.63, 3.8) is 0 Å². The van der Waals surface area contributed by atoms with E-state index in [9.17, 15) is 5.11 Å². The van der Waals surface area contributed by atoms with Crippen LogP contribution in [0.25, 0.3) is 11.3 Å². The van der Waals surface area contributed by atoms with E-state index in [2.05, 4.69) is 23.3 Å². The number of aliphatic hydroxyl groups is 1. The fourth-order valence-corrected chi connectivity index (χ4v) is 2.82. The van der Waals surface area contributed by atoms with Crippen LogP contribution in [0.1, 0.15) is 31.7 Å². The number of hydrogen-bond donors (Lipinski definition) is 2. The first-order valence-electron chi connectivity index (χ1n) is 7.10. The molecule has 4 nitrogen and oxygen atoms in total. The van der Waals surface area contributed by atoms with Gasteiger partial charge in [0.15, 0.2) is 5.13 Å². The van der Waals surface area contributed by atoms with Gasteiger partial charge in [0.05, 0.1) is 30.0 Å². The summed E-state index contributed by atoms with van der Waals surface area (Å²) in [6, 6.07) is 9.55. The quantitative estimate of drug-likeness (QED) is 0.819. The largest absolute Gasteiger partial charge is 0.394 e. The molecule has 5 heteroatoms. The van der Waals surface area contributed by atoms with Crippen LogP contribution in [0.3, 0.4) is 0 Å². The highest BCUT2D eigenvalue weighted by molar-refractivity contribution is 7.14. The van der Waals surface area contributed by atoms with Crippen LogP contribution >= 0.6 is 11.3 Å². The van der Waals surface area contributed by atoms with Gasteiger partial charge in [-0.05, 0) is 18.6 Å². The summed E-state index contributed by atoms with van der Waals surface area (Å²) in [5.74, 6) is 0. The van der Waals surface area contributed by atoms with Gasteiger partial charge in [0.25, 0.3) is 0 Å². The summed E-state index contributed by atoms with van der Waals surface area (Å²) in [6.45, 7) is 2.26. The first-order valence-corrected chi connectivity index (χ1v) is 7.98. The highest BCUT2D eigenvalue weighted by atomic mass is 32.1. The Balaban J connectivity index is 2.04. The molecule has 0 spiro atoms. The lowest BCUT2D eigenvalue weighted by atomic mass is 10.1. The van der Waals surface area contributed by atoms with Gasteiger partial charge in [-0.25, -0.2) is 4.98 Å². The molecule has 2 N–H and O–H groups in total. The summed E-state index contributed by atoms with van der Waals surface area (Å²) >= 11 is 1.53. The molecule has 21 heavy (non-hydrogen) atoms. The number of hydrogen-bond acceptors (Lipinski definition) is 5. The fraction of sp³-hybridized carbons (Fsp3) is 0.375. The second kappa shape index (κ2) is 7.77. The zero-order valence-corrected chi connectivity index (χ0v) is 12.9. The molecule has 2 rings (SSSR count). The molecule has 1 aromatic carbocycles. The van der Waals surface area contributed by atoms with Crippen molar-refractivity contribution in [3.8, 4) is 17.3 Å². The number of aliphatic hydroxyl groups excluding tert-OH is 1. The number of unbranched alkanes of at least 4 members (excludes halogenated alkanes) is 1. The highest BCUT2D eigenvalue weighted by Gasteiger charge is 2.10. The van der Waals surface area contributed by atoms with E-state index in [0.717, 1.165) is 35.7 Å². The van der Waals surface area contributed by atoms with Gasteiger partial charge in [-0.3, -0.25) is 0 Å². The highest BCUT2D eigenvalue weighted by Crippen LogP contribution is 2.25. The van der Waals surface area contributed by atoms with Crippen molar-refractivity contribution in [2.24, 2.45) is 0 Å². The molecule has 0 aliphatic heterocycles. The summed E-state index contributed by atoms with van der Waals surface area (Å²) in [7, 11) is 0. The second-order valence-electron chi connectivity index (χ2n) is 4.89. The summed E-state index contributed by atoms with van der Waals surface area (Å²) < 4.78 is 0. The molecular formula is C16H19N3OS. The van der Waals surface area contributed by atoms with Crippen molar-refractivity contribution < 1.29 is 5.11 Å². The number of rotatable bonds is 7. The van der Waals surface area contributed by atoms with Gasteiger partial charge in [0.2, 0.25) is 0 Å². The standard InChI is InChI=1S/C16H19N3OS/c1-2-3-4-14(10-20)18-16-19-15(11-21-16)13-7-5-12(9-17)6-8-13/h5-8,11,14,20H,2-4,10H2,1H3,(H,18,19). The Bertz CT molecular complexity index is 601. The number of anilines is 1. The van der Waals surface area contributed by atoms with Gasteiger partial charge in [-0.2, -0.15) is 5.26 Å². The van der Waals surface area contributed by atoms with E-state index >= 15 is 0 Å². The Labute approximate surface area is 129 Å². The number of nitrogens with one attached hydrogen (secondary N) is 1. The van der Waals surface area contributed by atoms with Crippen molar-refractivity contribution in [1.29, 1.82) is 5.26 Å². The maximum Gasteiger partial charge on any atom is 0.183 e. The lowest BCUT2D eigenvalue weighted by Crippen LogP contribution is -2.23. The molecule has 0 aliphatic carbocycles. The Morgan fingerprint density at radius 3 is 2.76 bits per heavy atom. The third-order valence-electron chi connectivity index (χ3n) is 3.27. The Hall–Kier alpha value is -1.90. The molecule has 1 unspecified atom stereocenters. The van der Waals surface area contributed by atoms with E-state index in [4.69, 9.17) is 5.26 Å². The average Bonchev–Trinajstić information content (AvgIpc) is 3.00. The van der Waals surface area contributed by atoms with E-state index in [1.54, 1.807) is 12.1 Å². The normalized spacial score (nSPS) is 11.9. The van der Waals surface area contributed by atoms with Crippen LogP contribution in [-0.4, -0.2) is 22.7 Å². The molecule has 1 aromatic heterocycles. The monoisotopic (exact) mass is 301 g/mol. The van der Waals surface area contributed by atoms with Crippen LogP contribution < -0.4 is 5.32 Å². The molecular weight excluding hydrogens is 282 g/mol. The van der Waals surface area contributed by atoms with Gasteiger partial charge >= 0.3 is 0 Å². The van der Waals surface area contributed by atoms with E-state index in [1.165, 1.54) is 11.3 Å². The average molecular weight is 301 g/mol. The molecule has 1 atom stereocenters. The first-order chi connectivity index (χ1) is 10.3. The zero-order valence-electron chi connectivity index (χ0n) is 12.0. The fourth-order valence-electron chi connectivity index (χ4n) is 2.02. The predicted octanol–water partition coefficient (Wildman–Crippen LogP) is 3.64. The third kappa shape index (κ3) is 4.28. The van der Waals surface area contributed by atoms with Crippen LogP contribution in [0, 0.1) is 11.3 Å². The molecule has 0 radical (unpaired) electrons. The predicted molar refractivity (Wildman–Crippen MR) is 86.3 cm³/mol. The summed E-state index contributed by atoms with van der Waals surface area (Å²) in [4.78, 5) is 4.55. The molecule has 1 heterocycles. The van der Waals surface area contributed by atoms with E-state index < -0.39 is 0 Å². The summed E-state index contributed by atoms with van der Waals surface area (Å²) in [5.41, 5.74) is 2.53. The summed E-state index contributed by atoms with van der Waals surface area (Å²) in [6.07, 6.45) is 3.15. The molecule has 0 saturated heterocycles. The van der Waals surface area contributed by atoms with Crippen molar-refractivity contribution in [1.82, 2.24) is 4.98 Å². The first kappa shape index (κ1) is 15.5. The van der Waals surface area contributed by atoms with Crippen LogP contribution in [0.2, 0.25) is 0 Å². The van der Waals surface area contributed by atoms with Gasteiger partial charge in [0, 0.05) is 10.9 Å². The number of benzene rings is 1. The van der Waals surface area contributed by atoms with Crippen LogP contribution in [-0.2, 0) is 0 Å². The third-order valence-corrected chi connectivity index (χ3v) is 4.04. The molecule has 2 aromatic rings. The van der Waals surface area contributed by atoms with Crippen molar-refractivity contribution in [3.05, 3.63) is 35.2 Å². The molecule has 0 saturated carbocycles. The molecule has 0 amide bonds. The molecule has 0 fully saturated rings. The van der Waals surface area contributed by atoms with Gasteiger partial charge < -0.3 is 10.4 Å². The van der Waals surface area contributed by atoms with Crippen LogP contribution in [0.15, 0.2) is 29.6 Å². The van der Waals surface area contributed by atoms with E-state index in [1.807, 2.05) is 17.5 Å². The van der Waals surface area contributed by atoms with Crippen molar-refractivity contribution in [2.75, 3.05) is 11.9 Å². The minimum absolute atomic E-state index is 0.0601. The van der Waals surface area contributed by atoms with Crippen LogP contribution in [0.4, 0.5) is 5.13 Å². The van der Waals surface area contributed by atoms with Crippen LogP contribution in [0.5, 0.6) is 0 Å². The Morgan fingerprint density at radius 2 is 2.14 bits per heavy atom. The number of thiazole rings is 1. The van der Waals surface area contributed by atoms with E-state index in [-0.39, 0.29) is 12.6 Å².